The Morgan fingerprint density at radius 2 is 1.96 bits per heavy atom. The fraction of sp³-hybridized carbons (Fsp3) is 0.650. The molecule has 2 fully saturated rings. The molecule has 0 spiro atoms. The number of methoxy groups -OCH3 is 1. The molecule has 1 saturated carbocycles. The smallest absolute Gasteiger partial charge is 0.255 e. The Labute approximate surface area is 145 Å². The third-order valence-electron chi connectivity index (χ3n) is 5.43. The van der Waals surface area contributed by atoms with Crippen molar-refractivity contribution in [2.75, 3.05) is 26.7 Å². The van der Waals surface area contributed by atoms with E-state index in [1.54, 1.807) is 7.11 Å². The van der Waals surface area contributed by atoms with Gasteiger partial charge in [0.05, 0.1) is 12.7 Å². The number of hydrogen-bond acceptors (Lipinski definition) is 3. The van der Waals surface area contributed by atoms with Crippen molar-refractivity contribution in [2.24, 2.45) is 5.92 Å². The van der Waals surface area contributed by atoms with Crippen molar-refractivity contribution >= 4 is 5.91 Å². The Hall–Kier alpha value is -1.55. The maximum atomic E-state index is 12.6. The molecule has 1 aliphatic carbocycles. The number of piperidine rings is 1. The van der Waals surface area contributed by atoms with Crippen LogP contribution < -0.4 is 10.1 Å². The summed E-state index contributed by atoms with van der Waals surface area (Å²) in [6.07, 6.45) is 9.21. The number of likely N-dealkylation sites (tertiary alicyclic amines) is 1. The molecule has 24 heavy (non-hydrogen) atoms. The molecule has 1 saturated heterocycles. The average Bonchev–Trinajstić information content (AvgIpc) is 2.63. The van der Waals surface area contributed by atoms with E-state index in [1.807, 2.05) is 24.3 Å². The normalized spacial score (nSPS) is 23.0. The molecule has 0 bridgehead atoms. The maximum Gasteiger partial charge on any atom is 0.255 e. The number of nitrogens with zero attached hydrogens (tertiary/aromatic N) is 1. The molecule has 1 aromatic rings. The first-order valence-electron chi connectivity index (χ1n) is 9.42. The Balaban J connectivity index is 1.53. The molecule has 1 aliphatic heterocycles. The van der Waals surface area contributed by atoms with Gasteiger partial charge in [0, 0.05) is 19.1 Å². The van der Waals surface area contributed by atoms with Gasteiger partial charge in [0.15, 0.2) is 0 Å². The predicted molar refractivity (Wildman–Crippen MR) is 96.5 cm³/mol. The lowest BCUT2D eigenvalue weighted by Crippen LogP contribution is -2.49. The lowest BCUT2D eigenvalue weighted by atomic mass is 9.88. The number of hydrogen-bond donors (Lipinski definition) is 1. The number of carbonyl (C=O) groups excluding carboxylic acids is 1. The Morgan fingerprint density at radius 1 is 1.17 bits per heavy atom. The minimum absolute atomic E-state index is 0.0167. The van der Waals surface area contributed by atoms with Gasteiger partial charge < -0.3 is 15.0 Å². The van der Waals surface area contributed by atoms with Gasteiger partial charge in [0.1, 0.15) is 5.75 Å². The predicted octanol–water partition coefficient (Wildman–Crippen LogP) is 3.47. The second-order valence-corrected chi connectivity index (χ2v) is 7.28. The zero-order valence-corrected chi connectivity index (χ0v) is 14.8. The average molecular weight is 330 g/mol. The van der Waals surface area contributed by atoms with E-state index in [0.29, 0.717) is 11.3 Å². The van der Waals surface area contributed by atoms with E-state index in [9.17, 15) is 4.79 Å². The van der Waals surface area contributed by atoms with E-state index < -0.39 is 0 Å². The van der Waals surface area contributed by atoms with Crippen LogP contribution >= 0.6 is 0 Å². The van der Waals surface area contributed by atoms with Gasteiger partial charge >= 0.3 is 0 Å². The van der Waals surface area contributed by atoms with E-state index in [4.69, 9.17) is 4.74 Å². The number of nitrogens with one attached hydrogen (secondary N) is 1. The van der Waals surface area contributed by atoms with Crippen molar-refractivity contribution in [3.05, 3.63) is 29.8 Å². The van der Waals surface area contributed by atoms with E-state index in [2.05, 4.69) is 10.2 Å². The van der Waals surface area contributed by atoms with Gasteiger partial charge in [-0.15, -0.1) is 0 Å². The zero-order chi connectivity index (χ0) is 16.8. The summed E-state index contributed by atoms with van der Waals surface area (Å²) in [5, 5.41) is 3.22. The molecule has 1 aromatic carbocycles. The first kappa shape index (κ1) is 17.3. The number of benzene rings is 1. The van der Waals surface area contributed by atoms with Gasteiger partial charge in [-0.05, 0) is 50.3 Å². The number of ether oxygens (including phenoxy) is 1. The minimum atomic E-state index is -0.0167. The van der Waals surface area contributed by atoms with Crippen molar-refractivity contribution in [2.45, 2.75) is 51.0 Å². The third-order valence-corrected chi connectivity index (χ3v) is 5.43. The highest BCUT2D eigenvalue weighted by Gasteiger charge is 2.25. The number of carbonyl (C=O) groups is 1. The second-order valence-electron chi connectivity index (χ2n) is 7.28. The van der Waals surface area contributed by atoms with Crippen LogP contribution in [0.25, 0.3) is 0 Å². The van der Waals surface area contributed by atoms with Gasteiger partial charge in [0.2, 0.25) is 0 Å². The van der Waals surface area contributed by atoms with Gasteiger partial charge in [-0.1, -0.05) is 31.4 Å². The highest BCUT2D eigenvalue weighted by atomic mass is 16.5. The standard InChI is InChI=1S/C20H30N2O2/c1-24-19-12-6-5-11-18(19)20(23)21-17-10-7-13-22(15-17)14-16-8-3-2-4-9-16/h5-6,11-12,16-17H,2-4,7-10,13-15H2,1H3,(H,21,23). The van der Waals surface area contributed by atoms with Gasteiger partial charge in [-0.2, -0.15) is 0 Å². The third kappa shape index (κ3) is 4.50. The number of rotatable bonds is 5. The summed E-state index contributed by atoms with van der Waals surface area (Å²) in [6.45, 7) is 3.37. The molecule has 1 amide bonds. The van der Waals surface area contributed by atoms with Gasteiger partial charge in [0.25, 0.3) is 5.91 Å². The minimum Gasteiger partial charge on any atom is -0.496 e. The van der Waals surface area contributed by atoms with Crippen LogP contribution in [0, 0.1) is 5.92 Å². The summed E-state index contributed by atoms with van der Waals surface area (Å²) in [7, 11) is 1.61. The molecule has 1 heterocycles. The summed E-state index contributed by atoms with van der Waals surface area (Å²) in [5.41, 5.74) is 0.629. The molecule has 4 heteroatoms. The van der Waals surface area contributed by atoms with Crippen molar-refractivity contribution in [3.63, 3.8) is 0 Å². The zero-order valence-electron chi connectivity index (χ0n) is 14.8. The first-order chi connectivity index (χ1) is 11.8. The molecule has 0 radical (unpaired) electrons. The Kier molecular flexibility index (Phi) is 6.13. The van der Waals surface area contributed by atoms with Crippen LogP contribution in [0.2, 0.25) is 0 Å². The maximum absolute atomic E-state index is 12.6. The second kappa shape index (κ2) is 8.52. The lowest BCUT2D eigenvalue weighted by Gasteiger charge is -2.36. The summed E-state index contributed by atoms with van der Waals surface area (Å²) in [6, 6.07) is 7.69. The van der Waals surface area contributed by atoms with Crippen molar-refractivity contribution in [3.8, 4) is 5.75 Å². The monoisotopic (exact) mass is 330 g/mol. The SMILES string of the molecule is COc1ccccc1C(=O)NC1CCCN(CC2CCCCC2)C1. The van der Waals surface area contributed by atoms with Crippen LogP contribution in [0.15, 0.2) is 24.3 Å². The van der Waals surface area contributed by atoms with Crippen LogP contribution in [0.5, 0.6) is 5.75 Å². The summed E-state index contributed by atoms with van der Waals surface area (Å²) in [4.78, 5) is 15.1. The van der Waals surface area contributed by atoms with E-state index in [1.165, 1.54) is 51.6 Å². The molecule has 0 aromatic heterocycles. The van der Waals surface area contributed by atoms with Crippen LogP contribution in [-0.4, -0.2) is 43.6 Å². The molecule has 1 atom stereocenters. The molecular weight excluding hydrogens is 300 g/mol. The van der Waals surface area contributed by atoms with Crippen molar-refractivity contribution in [1.82, 2.24) is 10.2 Å². The Morgan fingerprint density at radius 3 is 2.75 bits per heavy atom. The highest BCUT2D eigenvalue weighted by Crippen LogP contribution is 2.25. The van der Waals surface area contributed by atoms with Gasteiger partial charge in [-0.3, -0.25) is 4.79 Å². The molecule has 4 nitrogen and oxygen atoms in total. The largest absolute Gasteiger partial charge is 0.496 e. The fourth-order valence-corrected chi connectivity index (χ4v) is 4.17. The fourth-order valence-electron chi connectivity index (χ4n) is 4.17. The van der Waals surface area contributed by atoms with Crippen LogP contribution in [-0.2, 0) is 0 Å². The van der Waals surface area contributed by atoms with E-state index >= 15 is 0 Å². The molecule has 3 rings (SSSR count). The molecule has 2 aliphatic rings. The lowest BCUT2D eigenvalue weighted by molar-refractivity contribution is 0.0887. The molecule has 132 valence electrons. The summed E-state index contributed by atoms with van der Waals surface area (Å²) in [5.74, 6) is 1.49. The van der Waals surface area contributed by atoms with E-state index in [-0.39, 0.29) is 11.9 Å². The molecule has 1 unspecified atom stereocenters. The van der Waals surface area contributed by atoms with Gasteiger partial charge in [-0.25, -0.2) is 0 Å². The quantitative estimate of drug-likeness (QED) is 0.899. The number of amides is 1. The topological polar surface area (TPSA) is 41.6 Å². The highest BCUT2D eigenvalue weighted by molar-refractivity contribution is 5.97. The van der Waals surface area contributed by atoms with Crippen LogP contribution in [0.3, 0.4) is 0 Å². The molecule has 1 N–H and O–H groups in total. The summed E-state index contributed by atoms with van der Waals surface area (Å²) < 4.78 is 5.31. The number of para-hydroxylation sites is 1. The molecular formula is C20H30N2O2. The van der Waals surface area contributed by atoms with Crippen molar-refractivity contribution in [1.29, 1.82) is 0 Å². The van der Waals surface area contributed by atoms with Crippen molar-refractivity contribution < 1.29 is 9.53 Å². The summed E-state index contributed by atoms with van der Waals surface area (Å²) >= 11 is 0. The first-order valence-corrected chi connectivity index (χ1v) is 9.42. The van der Waals surface area contributed by atoms with Crippen LogP contribution in [0.1, 0.15) is 55.3 Å². The van der Waals surface area contributed by atoms with Crippen LogP contribution in [0.4, 0.5) is 0 Å². The van der Waals surface area contributed by atoms with E-state index in [0.717, 1.165) is 18.9 Å². The Bertz CT molecular complexity index is 540.